The fourth-order valence-corrected chi connectivity index (χ4v) is 2.49. The van der Waals surface area contributed by atoms with Gasteiger partial charge in [0, 0.05) is 11.6 Å². The third kappa shape index (κ3) is 2.53. The number of aromatic nitrogens is 2. The minimum atomic E-state index is -1.00. The Bertz CT molecular complexity index is 852. The summed E-state index contributed by atoms with van der Waals surface area (Å²) in [7, 11) is 0. The topological polar surface area (TPSA) is 55.1 Å². The summed E-state index contributed by atoms with van der Waals surface area (Å²) in [6, 6.07) is 13.1. The van der Waals surface area contributed by atoms with Gasteiger partial charge in [-0.25, -0.2) is 9.78 Å². The first-order chi connectivity index (χ1) is 10.2. The van der Waals surface area contributed by atoms with Gasteiger partial charge >= 0.3 is 5.97 Å². The van der Waals surface area contributed by atoms with Gasteiger partial charge in [-0.2, -0.15) is 0 Å². The van der Waals surface area contributed by atoms with Crippen LogP contribution in [0.2, 0.25) is 5.02 Å². The lowest BCUT2D eigenvalue weighted by Crippen LogP contribution is -1.97. The summed E-state index contributed by atoms with van der Waals surface area (Å²) in [4.78, 5) is 15.1. The number of fused-ring (bicyclic) bond motifs is 1. The van der Waals surface area contributed by atoms with E-state index in [9.17, 15) is 4.79 Å². The summed E-state index contributed by atoms with van der Waals surface area (Å²) < 4.78 is 1.86. The van der Waals surface area contributed by atoms with E-state index in [1.54, 1.807) is 18.5 Å². The molecule has 5 heteroatoms. The van der Waals surface area contributed by atoms with E-state index in [0.717, 1.165) is 17.1 Å². The van der Waals surface area contributed by atoms with Crippen molar-refractivity contribution in [3.05, 3.63) is 65.5 Å². The molecule has 0 aliphatic rings. The van der Waals surface area contributed by atoms with Crippen LogP contribution in [0.1, 0.15) is 5.56 Å². The first kappa shape index (κ1) is 13.4. The molecular weight excluding hydrogens is 288 g/mol. The first-order valence-corrected chi connectivity index (χ1v) is 6.66. The number of halogens is 1. The predicted molar refractivity (Wildman–Crippen MR) is 82.7 cm³/mol. The molecule has 0 fully saturated rings. The summed E-state index contributed by atoms with van der Waals surface area (Å²) >= 11 is 6.31. The Morgan fingerprint density at radius 2 is 2.00 bits per heavy atom. The minimum absolute atomic E-state index is 0.533. The number of hydrogen-bond donors (Lipinski definition) is 1. The largest absolute Gasteiger partial charge is 0.478 e. The van der Waals surface area contributed by atoms with Crippen LogP contribution in [0.25, 0.3) is 22.8 Å². The van der Waals surface area contributed by atoms with Crippen LogP contribution < -0.4 is 0 Å². The van der Waals surface area contributed by atoms with Crippen LogP contribution in [0, 0.1) is 0 Å². The third-order valence-corrected chi connectivity index (χ3v) is 3.42. The fourth-order valence-electron chi connectivity index (χ4n) is 2.22. The van der Waals surface area contributed by atoms with Crippen molar-refractivity contribution >= 4 is 34.7 Å². The molecule has 0 amide bonds. The maximum atomic E-state index is 10.7. The van der Waals surface area contributed by atoms with Crippen molar-refractivity contribution < 1.29 is 9.90 Å². The van der Waals surface area contributed by atoms with Gasteiger partial charge in [-0.3, -0.25) is 4.57 Å². The fraction of sp³-hybridized carbons (Fsp3) is 0. The van der Waals surface area contributed by atoms with Crippen LogP contribution in [0.3, 0.4) is 0 Å². The monoisotopic (exact) mass is 298 g/mol. The number of carbonyl (C=O) groups is 1. The Morgan fingerprint density at radius 3 is 2.81 bits per heavy atom. The maximum absolute atomic E-state index is 10.7. The number of imidazole rings is 1. The number of nitrogens with zero attached hydrogens (tertiary/aromatic N) is 2. The van der Waals surface area contributed by atoms with E-state index in [-0.39, 0.29) is 0 Å². The predicted octanol–water partition coefficient (Wildman–Crippen LogP) is 3.78. The molecule has 104 valence electrons. The number of para-hydroxylation sites is 3. The molecule has 3 aromatic rings. The van der Waals surface area contributed by atoms with Gasteiger partial charge in [-0.05, 0) is 24.3 Å². The van der Waals surface area contributed by atoms with Crippen molar-refractivity contribution in [1.82, 2.24) is 9.55 Å². The van der Waals surface area contributed by atoms with Gasteiger partial charge in [-0.15, -0.1) is 0 Å². The summed E-state index contributed by atoms with van der Waals surface area (Å²) in [5.41, 5.74) is 3.19. The molecule has 3 rings (SSSR count). The molecule has 1 N–H and O–H groups in total. The highest BCUT2D eigenvalue weighted by Crippen LogP contribution is 2.28. The summed E-state index contributed by atoms with van der Waals surface area (Å²) in [5, 5.41) is 9.33. The second-order valence-corrected chi connectivity index (χ2v) is 4.86. The normalized spacial score (nSPS) is 11.3. The highest BCUT2D eigenvalue weighted by molar-refractivity contribution is 6.32. The van der Waals surface area contributed by atoms with Gasteiger partial charge in [0.1, 0.15) is 6.33 Å². The van der Waals surface area contributed by atoms with Gasteiger partial charge in [-0.1, -0.05) is 35.9 Å². The summed E-state index contributed by atoms with van der Waals surface area (Å²) in [6.45, 7) is 0. The molecule has 2 aromatic carbocycles. The Kier molecular flexibility index (Phi) is 3.46. The molecule has 1 aromatic heterocycles. The van der Waals surface area contributed by atoms with Crippen LogP contribution in [0.15, 0.2) is 54.9 Å². The molecule has 0 radical (unpaired) electrons. The quantitative estimate of drug-likeness (QED) is 0.749. The highest BCUT2D eigenvalue weighted by Gasteiger charge is 2.11. The lowest BCUT2D eigenvalue weighted by Gasteiger charge is -2.10. The molecule has 0 atom stereocenters. The number of carboxylic acids is 1. The molecular formula is C16H11ClN2O2. The second-order valence-electron chi connectivity index (χ2n) is 4.45. The van der Waals surface area contributed by atoms with E-state index in [1.165, 1.54) is 6.08 Å². The minimum Gasteiger partial charge on any atom is -0.478 e. The molecule has 0 saturated heterocycles. The number of hydrogen-bond acceptors (Lipinski definition) is 2. The van der Waals surface area contributed by atoms with E-state index in [4.69, 9.17) is 16.7 Å². The SMILES string of the molecule is O=C(O)/C=C/c1cccc(Cl)c1-n1cnc2ccccc21. The highest BCUT2D eigenvalue weighted by atomic mass is 35.5. The number of rotatable bonds is 3. The average Bonchev–Trinajstić information content (AvgIpc) is 2.89. The van der Waals surface area contributed by atoms with Crippen molar-refractivity contribution in [2.24, 2.45) is 0 Å². The maximum Gasteiger partial charge on any atom is 0.328 e. The molecule has 0 spiro atoms. The Hall–Kier alpha value is -2.59. The van der Waals surface area contributed by atoms with Crippen LogP contribution in [-0.4, -0.2) is 20.6 Å². The van der Waals surface area contributed by atoms with E-state index in [1.807, 2.05) is 34.9 Å². The van der Waals surface area contributed by atoms with Crippen LogP contribution in [0.5, 0.6) is 0 Å². The van der Waals surface area contributed by atoms with Crippen molar-refractivity contribution in [3.63, 3.8) is 0 Å². The van der Waals surface area contributed by atoms with Crippen molar-refractivity contribution in [2.45, 2.75) is 0 Å². The molecule has 0 unspecified atom stereocenters. The van der Waals surface area contributed by atoms with Crippen molar-refractivity contribution in [3.8, 4) is 5.69 Å². The summed E-state index contributed by atoms with van der Waals surface area (Å²) in [5.74, 6) is -1.00. The van der Waals surface area contributed by atoms with Gasteiger partial charge in [0.2, 0.25) is 0 Å². The zero-order valence-electron chi connectivity index (χ0n) is 10.9. The van der Waals surface area contributed by atoms with Crippen LogP contribution >= 0.6 is 11.6 Å². The molecule has 4 nitrogen and oxygen atoms in total. The van der Waals surface area contributed by atoms with Crippen LogP contribution in [0.4, 0.5) is 0 Å². The Morgan fingerprint density at radius 1 is 1.19 bits per heavy atom. The van der Waals surface area contributed by atoms with Gasteiger partial charge in [0.15, 0.2) is 0 Å². The lowest BCUT2D eigenvalue weighted by molar-refractivity contribution is -0.131. The van der Waals surface area contributed by atoms with Gasteiger partial charge in [0.25, 0.3) is 0 Å². The number of aliphatic carboxylic acids is 1. The second kappa shape index (κ2) is 5.42. The van der Waals surface area contributed by atoms with E-state index in [0.29, 0.717) is 16.3 Å². The number of carboxylic acid groups (broad SMARTS) is 1. The zero-order chi connectivity index (χ0) is 14.8. The van der Waals surface area contributed by atoms with E-state index in [2.05, 4.69) is 4.98 Å². The Labute approximate surface area is 125 Å². The first-order valence-electron chi connectivity index (χ1n) is 6.29. The molecule has 0 aliphatic heterocycles. The molecule has 21 heavy (non-hydrogen) atoms. The zero-order valence-corrected chi connectivity index (χ0v) is 11.7. The smallest absolute Gasteiger partial charge is 0.328 e. The van der Waals surface area contributed by atoms with Gasteiger partial charge < -0.3 is 5.11 Å². The molecule has 1 heterocycles. The van der Waals surface area contributed by atoms with Crippen LogP contribution in [-0.2, 0) is 4.79 Å². The number of benzene rings is 2. The van der Waals surface area contributed by atoms with Crippen molar-refractivity contribution in [2.75, 3.05) is 0 Å². The lowest BCUT2D eigenvalue weighted by atomic mass is 10.1. The van der Waals surface area contributed by atoms with E-state index >= 15 is 0 Å². The molecule has 0 aliphatic carbocycles. The standard InChI is InChI=1S/C16H11ClN2O2/c17-12-5-3-4-11(8-9-15(20)21)16(12)19-10-18-13-6-1-2-7-14(13)19/h1-10H,(H,20,21)/b9-8+. The molecule has 0 saturated carbocycles. The third-order valence-electron chi connectivity index (χ3n) is 3.12. The van der Waals surface area contributed by atoms with Gasteiger partial charge in [0.05, 0.1) is 21.7 Å². The Balaban J connectivity index is 2.24. The molecule has 0 bridgehead atoms. The van der Waals surface area contributed by atoms with Crippen molar-refractivity contribution in [1.29, 1.82) is 0 Å². The average molecular weight is 299 g/mol. The summed E-state index contributed by atoms with van der Waals surface area (Å²) in [6.07, 6.45) is 4.30. The van der Waals surface area contributed by atoms with E-state index < -0.39 is 5.97 Å².